The topological polar surface area (TPSA) is 0 Å². The number of rotatable bonds is 9. The summed E-state index contributed by atoms with van der Waals surface area (Å²) in [6, 6.07) is 33.3. The summed E-state index contributed by atoms with van der Waals surface area (Å²) in [5.74, 6) is 0. The van der Waals surface area contributed by atoms with Crippen molar-refractivity contribution in [2.75, 3.05) is 6.16 Å². The van der Waals surface area contributed by atoms with Gasteiger partial charge in [-0.2, -0.15) is 0 Å². The Kier molecular flexibility index (Phi) is 11.7. The third-order valence-electron chi connectivity index (χ3n) is 8.05. The molecule has 3 aromatic carbocycles. The van der Waals surface area contributed by atoms with Crippen molar-refractivity contribution in [1.29, 1.82) is 0 Å². The fourth-order valence-electron chi connectivity index (χ4n) is 5.79. The Balaban J connectivity index is 0.00000441. The van der Waals surface area contributed by atoms with Gasteiger partial charge in [0.2, 0.25) is 0 Å². The zero-order valence-electron chi connectivity index (χ0n) is 24.8. The van der Waals surface area contributed by atoms with Crippen molar-refractivity contribution in [3.8, 4) is 0 Å². The predicted molar refractivity (Wildman–Crippen MR) is 176 cm³/mol. The number of halogens is 1. The van der Waals surface area contributed by atoms with Gasteiger partial charge >= 0.3 is 0 Å². The van der Waals surface area contributed by atoms with Crippen LogP contribution in [0.5, 0.6) is 0 Å². The molecule has 0 N–H and O–H groups in total. The lowest BCUT2D eigenvalue weighted by molar-refractivity contribution is -0.00000832. The molecule has 2 heteroatoms. The fourth-order valence-corrected chi connectivity index (χ4v) is 9.92. The zero-order chi connectivity index (χ0) is 27.7. The van der Waals surface area contributed by atoms with E-state index in [0.29, 0.717) is 0 Å². The first-order valence-electron chi connectivity index (χ1n) is 14.3. The van der Waals surface area contributed by atoms with Crippen LogP contribution in [-0.2, 0) is 0 Å². The summed E-state index contributed by atoms with van der Waals surface area (Å²) in [6.45, 7) is 11.5. The van der Waals surface area contributed by atoms with Gasteiger partial charge < -0.3 is 17.0 Å². The van der Waals surface area contributed by atoms with Crippen molar-refractivity contribution in [3.63, 3.8) is 0 Å². The van der Waals surface area contributed by atoms with Crippen molar-refractivity contribution < 1.29 is 17.0 Å². The maximum absolute atomic E-state index is 2.44. The first-order valence-corrected chi connectivity index (χ1v) is 16.3. The molecular weight excluding hydrogens is 567 g/mol. The molecule has 0 atom stereocenters. The molecule has 0 aliphatic heterocycles. The van der Waals surface area contributed by atoms with Gasteiger partial charge in [0.05, 0.1) is 6.16 Å². The lowest BCUT2D eigenvalue weighted by Crippen LogP contribution is -3.00. The minimum absolute atomic E-state index is 0. The highest BCUT2D eigenvalue weighted by Crippen LogP contribution is 2.55. The standard InChI is InChI=1S/C38H44P.BrH/c1-31(26-27-37-33(3)19-16-29-38(37,4)5)17-15-18-32(2)28-30-39(34-20-9-6-10-21-34,35-22-11-7-12-23-35)36-24-13-8-14-25-36;/h6-15,17-18,20-28H,16,19,29-30H2,1-5H3;1H/q+1;/p-1. The van der Waals surface area contributed by atoms with E-state index >= 15 is 0 Å². The molecule has 0 amide bonds. The predicted octanol–water partition coefficient (Wildman–Crippen LogP) is 6.52. The lowest BCUT2D eigenvalue weighted by Gasteiger charge is -2.32. The molecule has 0 bridgehead atoms. The second-order valence-corrected chi connectivity index (χ2v) is 15.0. The van der Waals surface area contributed by atoms with Crippen LogP contribution < -0.4 is 32.9 Å². The average molecular weight is 612 g/mol. The number of allylic oxidation sites excluding steroid dienone is 10. The molecule has 40 heavy (non-hydrogen) atoms. The monoisotopic (exact) mass is 610 g/mol. The molecule has 208 valence electrons. The van der Waals surface area contributed by atoms with Crippen molar-refractivity contribution in [3.05, 3.63) is 150 Å². The molecule has 0 nitrogen and oxygen atoms in total. The summed E-state index contributed by atoms with van der Waals surface area (Å²) >= 11 is 0. The summed E-state index contributed by atoms with van der Waals surface area (Å²) < 4.78 is 0. The molecule has 0 unspecified atom stereocenters. The Labute approximate surface area is 254 Å². The molecule has 4 rings (SSSR count). The molecule has 0 saturated carbocycles. The van der Waals surface area contributed by atoms with Gasteiger partial charge in [0.25, 0.3) is 0 Å². The van der Waals surface area contributed by atoms with E-state index < -0.39 is 7.26 Å². The summed E-state index contributed by atoms with van der Waals surface area (Å²) in [5.41, 5.74) is 5.92. The molecule has 0 saturated heterocycles. The number of hydrogen-bond donors (Lipinski definition) is 0. The van der Waals surface area contributed by atoms with Crippen LogP contribution in [0.4, 0.5) is 0 Å². The van der Waals surface area contributed by atoms with Crippen LogP contribution in [0.15, 0.2) is 150 Å². The minimum atomic E-state index is -1.85. The van der Waals surface area contributed by atoms with Crippen molar-refractivity contribution in [2.24, 2.45) is 5.41 Å². The molecule has 0 heterocycles. The molecule has 0 radical (unpaired) electrons. The van der Waals surface area contributed by atoms with Gasteiger partial charge in [-0.3, -0.25) is 0 Å². The Morgan fingerprint density at radius 3 is 1.73 bits per heavy atom. The quantitative estimate of drug-likeness (QED) is 0.191. The second kappa shape index (κ2) is 14.8. The third-order valence-corrected chi connectivity index (χ3v) is 12.3. The summed E-state index contributed by atoms with van der Waals surface area (Å²) in [6.07, 6.45) is 18.6. The van der Waals surface area contributed by atoms with E-state index in [9.17, 15) is 0 Å². The molecule has 3 aromatic rings. The molecular formula is C38H44BrP. The number of benzene rings is 3. The summed E-state index contributed by atoms with van der Waals surface area (Å²) in [5, 5.41) is 4.27. The minimum Gasteiger partial charge on any atom is -1.00 e. The van der Waals surface area contributed by atoms with Crippen LogP contribution in [0.1, 0.15) is 53.9 Å². The third kappa shape index (κ3) is 7.72. The van der Waals surface area contributed by atoms with Crippen molar-refractivity contribution in [1.82, 2.24) is 0 Å². The summed E-state index contributed by atoms with van der Waals surface area (Å²) in [4.78, 5) is 0. The highest BCUT2D eigenvalue weighted by molar-refractivity contribution is 7.95. The SMILES string of the molecule is CC(C=CC1=C(C)CCCC1(C)C)=CC=CC(C)=CC[P+](c1ccccc1)(c1ccccc1)c1ccccc1.[Br-]. The van der Waals surface area contributed by atoms with E-state index in [-0.39, 0.29) is 22.4 Å². The maximum atomic E-state index is 2.44. The van der Waals surface area contributed by atoms with Gasteiger partial charge in [-0.1, -0.05) is 116 Å². The lowest BCUT2D eigenvalue weighted by atomic mass is 9.72. The fraction of sp³-hybridized carbons (Fsp3) is 0.263. The van der Waals surface area contributed by atoms with Crippen molar-refractivity contribution >= 4 is 23.2 Å². The first-order chi connectivity index (χ1) is 18.8. The molecule has 0 fully saturated rings. The summed E-state index contributed by atoms with van der Waals surface area (Å²) in [7, 11) is -1.85. The van der Waals surface area contributed by atoms with Crippen LogP contribution in [0.2, 0.25) is 0 Å². The van der Waals surface area contributed by atoms with Gasteiger partial charge in [-0.15, -0.1) is 0 Å². The van der Waals surface area contributed by atoms with E-state index in [0.717, 1.165) is 6.16 Å². The highest BCUT2D eigenvalue weighted by atomic mass is 79.9. The van der Waals surface area contributed by atoms with E-state index in [2.05, 4.69) is 162 Å². The van der Waals surface area contributed by atoms with Crippen LogP contribution in [0, 0.1) is 5.41 Å². The van der Waals surface area contributed by atoms with Gasteiger partial charge in [0.15, 0.2) is 0 Å². The smallest absolute Gasteiger partial charge is 0.115 e. The van der Waals surface area contributed by atoms with Gasteiger partial charge in [0, 0.05) is 0 Å². The Bertz CT molecular complexity index is 1280. The van der Waals surface area contributed by atoms with Crippen molar-refractivity contribution in [2.45, 2.75) is 53.9 Å². The Morgan fingerprint density at radius 1 is 0.750 bits per heavy atom. The zero-order valence-corrected chi connectivity index (χ0v) is 27.3. The van der Waals surface area contributed by atoms with Crippen LogP contribution in [0.3, 0.4) is 0 Å². The molecule has 1 aliphatic rings. The van der Waals surface area contributed by atoms with Crippen LogP contribution in [0.25, 0.3) is 0 Å². The maximum Gasteiger partial charge on any atom is 0.115 e. The second-order valence-electron chi connectivity index (χ2n) is 11.5. The van der Waals surface area contributed by atoms with E-state index in [1.165, 1.54) is 51.9 Å². The van der Waals surface area contributed by atoms with Crippen LogP contribution in [-0.4, -0.2) is 6.16 Å². The van der Waals surface area contributed by atoms with Gasteiger partial charge in [-0.25, -0.2) is 0 Å². The van der Waals surface area contributed by atoms with Crippen LogP contribution >= 0.6 is 7.26 Å². The average Bonchev–Trinajstić information content (AvgIpc) is 2.94. The van der Waals surface area contributed by atoms with Gasteiger partial charge in [-0.05, 0) is 93.5 Å². The largest absolute Gasteiger partial charge is 1.00 e. The molecule has 1 aliphatic carbocycles. The highest BCUT2D eigenvalue weighted by Gasteiger charge is 2.44. The van der Waals surface area contributed by atoms with Gasteiger partial charge in [0.1, 0.15) is 23.2 Å². The molecule has 0 spiro atoms. The van der Waals surface area contributed by atoms with E-state index in [4.69, 9.17) is 0 Å². The first kappa shape index (κ1) is 31.8. The number of hydrogen-bond acceptors (Lipinski definition) is 0. The Hall–Kier alpha value is -2.73. The normalized spacial score (nSPS) is 16.4. The Morgan fingerprint density at radius 2 is 1.25 bits per heavy atom. The van der Waals surface area contributed by atoms with E-state index in [1.54, 1.807) is 5.57 Å². The van der Waals surface area contributed by atoms with E-state index in [1.807, 2.05) is 0 Å². The molecule has 0 aromatic heterocycles.